The zero-order valence-electron chi connectivity index (χ0n) is 13.4. The van der Waals surface area contributed by atoms with Crippen molar-refractivity contribution in [3.8, 4) is 0 Å². The molecule has 1 fully saturated rings. The molecule has 3 aliphatic carbocycles. The molecule has 0 aromatic carbocycles. The molecule has 0 amide bonds. The Hall–Kier alpha value is -2.36. The first-order valence-corrected chi connectivity index (χ1v) is 7.76. The third-order valence-electron chi connectivity index (χ3n) is 4.64. The van der Waals surface area contributed by atoms with Gasteiger partial charge < -0.3 is 9.47 Å². The Morgan fingerprint density at radius 3 is 1.70 bits per heavy atom. The molecule has 0 unspecified atom stereocenters. The molecule has 120 valence electrons. The van der Waals surface area contributed by atoms with Gasteiger partial charge in [0.05, 0.1) is 26.1 Å². The van der Waals surface area contributed by atoms with E-state index in [-0.39, 0.29) is 11.9 Å². The van der Waals surface area contributed by atoms with Crippen molar-refractivity contribution in [2.45, 2.75) is 19.3 Å². The number of hydrogen-bond acceptors (Lipinski definition) is 4. The quantitative estimate of drug-likeness (QED) is 0.735. The monoisotopic (exact) mass is 312 g/mol. The molecule has 0 radical (unpaired) electrons. The number of carbonyl (C=O) groups excluding carboxylic acids is 2. The first-order chi connectivity index (χ1) is 11.1. The van der Waals surface area contributed by atoms with Crippen molar-refractivity contribution in [1.82, 2.24) is 0 Å². The van der Waals surface area contributed by atoms with Gasteiger partial charge >= 0.3 is 11.9 Å². The van der Waals surface area contributed by atoms with Gasteiger partial charge in [0.1, 0.15) is 0 Å². The summed E-state index contributed by atoms with van der Waals surface area (Å²) in [6, 6.07) is 0. The van der Waals surface area contributed by atoms with Gasteiger partial charge in [-0.25, -0.2) is 0 Å². The number of allylic oxidation sites excluding steroid dienone is 10. The zero-order valence-corrected chi connectivity index (χ0v) is 13.4. The largest absolute Gasteiger partial charge is 0.469 e. The topological polar surface area (TPSA) is 52.6 Å². The molecular weight excluding hydrogens is 292 g/mol. The van der Waals surface area contributed by atoms with Gasteiger partial charge in [-0.15, -0.1) is 0 Å². The van der Waals surface area contributed by atoms with Gasteiger partial charge in [0.25, 0.3) is 0 Å². The summed E-state index contributed by atoms with van der Waals surface area (Å²) >= 11 is 0. The van der Waals surface area contributed by atoms with Gasteiger partial charge in [-0.3, -0.25) is 9.59 Å². The average Bonchev–Trinajstić information content (AvgIpc) is 2.89. The van der Waals surface area contributed by atoms with E-state index in [1.165, 1.54) is 25.4 Å². The van der Waals surface area contributed by atoms with Gasteiger partial charge in [0.15, 0.2) is 0 Å². The Kier molecular flexibility index (Phi) is 4.33. The Morgan fingerprint density at radius 2 is 1.30 bits per heavy atom. The van der Waals surface area contributed by atoms with E-state index in [9.17, 15) is 9.59 Å². The van der Waals surface area contributed by atoms with Crippen LogP contribution in [0, 0.1) is 11.8 Å². The predicted octanol–water partition coefficient (Wildman–Crippen LogP) is 3.04. The summed E-state index contributed by atoms with van der Waals surface area (Å²) in [6.07, 6.45) is 14.4. The molecule has 23 heavy (non-hydrogen) atoms. The van der Waals surface area contributed by atoms with Crippen LogP contribution in [0.1, 0.15) is 19.3 Å². The molecular formula is C19H20O4. The van der Waals surface area contributed by atoms with E-state index >= 15 is 0 Å². The Bertz CT molecular complexity index is 630. The highest BCUT2D eigenvalue weighted by atomic mass is 16.5. The summed E-state index contributed by atoms with van der Waals surface area (Å²) in [6.45, 7) is 0. The lowest BCUT2D eigenvalue weighted by Gasteiger charge is -2.31. The van der Waals surface area contributed by atoms with E-state index in [0.29, 0.717) is 12.8 Å². The maximum absolute atomic E-state index is 12.1. The molecule has 2 bridgehead atoms. The summed E-state index contributed by atoms with van der Waals surface area (Å²) in [7, 11) is 2.72. The predicted molar refractivity (Wildman–Crippen MR) is 86.3 cm³/mol. The van der Waals surface area contributed by atoms with Crippen LogP contribution in [-0.2, 0) is 19.1 Å². The van der Waals surface area contributed by atoms with Crippen molar-refractivity contribution < 1.29 is 19.1 Å². The van der Waals surface area contributed by atoms with Gasteiger partial charge in [-0.2, -0.15) is 0 Å². The lowest BCUT2D eigenvalue weighted by atomic mass is 9.73. The lowest BCUT2D eigenvalue weighted by Crippen LogP contribution is -2.35. The van der Waals surface area contributed by atoms with Crippen molar-refractivity contribution in [3.63, 3.8) is 0 Å². The number of fused-ring (bicyclic) bond motifs is 3. The van der Waals surface area contributed by atoms with E-state index in [1.54, 1.807) is 0 Å². The minimum absolute atomic E-state index is 0.349. The highest BCUT2D eigenvalue weighted by molar-refractivity contribution is 5.83. The third kappa shape index (κ3) is 3.07. The summed E-state index contributed by atoms with van der Waals surface area (Å²) in [5, 5.41) is 0. The second-order valence-corrected chi connectivity index (χ2v) is 6.05. The molecule has 0 aliphatic heterocycles. The molecule has 3 aliphatic rings. The van der Waals surface area contributed by atoms with E-state index in [2.05, 4.69) is 24.3 Å². The van der Waals surface area contributed by atoms with Crippen LogP contribution in [0.15, 0.2) is 58.7 Å². The smallest absolute Gasteiger partial charge is 0.309 e. The number of rotatable bonds is 2. The fraction of sp³-hybridized carbons (Fsp3) is 0.368. The van der Waals surface area contributed by atoms with Crippen LogP contribution in [0.25, 0.3) is 0 Å². The van der Waals surface area contributed by atoms with E-state index in [0.717, 1.165) is 17.6 Å². The minimum Gasteiger partial charge on any atom is -0.469 e. The van der Waals surface area contributed by atoms with Crippen LogP contribution >= 0.6 is 0 Å². The van der Waals surface area contributed by atoms with E-state index < -0.39 is 11.8 Å². The van der Waals surface area contributed by atoms with Gasteiger partial charge in [-0.1, -0.05) is 36.5 Å². The first kappa shape index (κ1) is 15.5. The van der Waals surface area contributed by atoms with Crippen LogP contribution in [0.3, 0.4) is 0 Å². The molecule has 0 heterocycles. The molecule has 0 aromatic rings. The van der Waals surface area contributed by atoms with Crippen LogP contribution in [0.5, 0.6) is 0 Å². The zero-order chi connectivity index (χ0) is 16.4. The third-order valence-corrected chi connectivity index (χ3v) is 4.64. The standard InChI is InChI=1S/C19H20O4/c1-22-18(20)16-10-14-8-12-5-3-4-6-13(7-12)9-15(14)11-17(16)19(21)23-2/h3-6,8-9,16-17H,7,10-11H2,1-2H3/t16-,17-/m0/s1. The molecule has 0 N–H and O–H groups in total. The first-order valence-electron chi connectivity index (χ1n) is 7.76. The van der Waals surface area contributed by atoms with Crippen LogP contribution in [-0.4, -0.2) is 26.2 Å². The highest BCUT2D eigenvalue weighted by Gasteiger charge is 2.41. The SMILES string of the molecule is COC(=O)[C@H]1CC2=CC3=CC=CC=C(C=C2C[C@@H]1C(=O)OC)C3. The lowest BCUT2D eigenvalue weighted by molar-refractivity contribution is -0.158. The molecule has 4 nitrogen and oxygen atoms in total. The summed E-state index contributed by atoms with van der Waals surface area (Å²) in [5.74, 6) is -1.67. The van der Waals surface area contributed by atoms with Crippen molar-refractivity contribution in [2.24, 2.45) is 11.8 Å². The van der Waals surface area contributed by atoms with Crippen LogP contribution < -0.4 is 0 Å². The number of methoxy groups -OCH3 is 2. The molecule has 0 aromatic heterocycles. The number of carbonyl (C=O) groups is 2. The maximum atomic E-state index is 12.1. The molecule has 3 rings (SSSR count). The summed E-state index contributed by atoms with van der Waals surface area (Å²) in [4.78, 5) is 24.3. The van der Waals surface area contributed by atoms with Crippen LogP contribution in [0.4, 0.5) is 0 Å². The van der Waals surface area contributed by atoms with Gasteiger partial charge in [0.2, 0.25) is 0 Å². The maximum Gasteiger partial charge on any atom is 0.309 e. The number of hydrogen-bond donors (Lipinski definition) is 0. The normalized spacial score (nSPS) is 25.7. The van der Waals surface area contributed by atoms with E-state index in [4.69, 9.17) is 9.47 Å². The minimum atomic E-state index is -0.485. The van der Waals surface area contributed by atoms with Crippen molar-refractivity contribution in [3.05, 3.63) is 58.7 Å². The van der Waals surface area contributed by atoms with Crippen molar-refractivity contribution in [2.75, 3.05) is 14.2 Å². The Balaban J connectivity index is 2.01. The molecule has 0 saturated heterocycles. The fourth-order valence-corrected chi connectivity index (χ4v) is 3.48. The van der Waals surface area contributed by atoms with Gasteiger partial charge in [0, 0.05) is 0 Å². The fourth-order valence-electron chi connectivity index (χ4n) is 3.48. The number of ether oxygens (including phenoxy) is 2. The number of esters is 2. The Morgan fingerprint density at radius 1 is 0.870 bits per heavy atom. The summed E-state index contributed by atoms with van der Waals surface area (Å²) < 4.78 is 9.80. The second-order valence-electron chi connectivity index (χ2n) is 6.05. The van der Waals surface area contributed by atoms with E-state index in [1.807, 2.05) is 12.2 Å². The van der Waals surface area contributed by atoms with Crippen LogP contribution in [0.2, 0.25) is 0 Å². The molecule has 2 atom stereocenters. The second kappa shape index (κ2) is 6.41. The average molecular weight is 312 g/mol. The van der Waals surface area contributed by atoms with Crippen molar-refractivity contribution >= 4 is 11.9 Å². The summed E-state index contributed by atoms with van der Waals surface area (Å²) in [5.41, 5.74) is 4.66. The molecule has 0 spiro atoms. The van der Waals surface area contributed by atoms with Crippen molar-refractivity contribution in [1.29, 1.82) is 0 Å². The molecule has 4 heteroatoms. The highest BCUT2D eigenvalue weighted by Crippen LogP contribution is 2.42. The van der Waals surface area contributed by atoms with Gasteiger partial charge in [-0.05, 0) is 41.6 Å². The molecule has 1 saturated carbocycles. The Labute approximate surface area is 135 Å².